The average Bonchev–Trinajstić information content (AvgIpc) is 2.76. The van der Waals surface area contributed by atoms with Crippen LogP contribution in [0.15, 0.2) is 18.2 Å². The number of benzene rings is 1. The van der Waals surface area contributed by atoms with Crippen molar-refractivity contribution in [3.8, 4) is 0 Å². The Morgan fingerprint density at radius 1 is 1.00 bits per heavy atom. The Bertz CT molecular complexity index is 1120. The molecule has 0 unspecified atom stereocenters. The molecule has 192 valence electrons. The van der Waals surface area contributed by atoms with Crippen molar-refractivity contribution < 1.29 is 35.9 Å². The average molecular weight is 542 g/mol. The van der Waals surface area contributed by atoms with Crippen LogP contribution in [0.5, 0.6) is 0 Å². The van der Waals surface area contributed by atoms with E-state index in [2.05, 4.69) is 5.32 Å². The summed E-state index contributed by atoms with van der Waals surface area (Å²) in [5.41, 5.74) is 0.392. The monoisotopic (exact) mass is 541 g/mol. The molecule has 2 aliphatic rings. The van der Waals surface area contributed by atoms with E-state index in [1.165, 1.54) is 26.8 Å². The number of carbonyl (C=O) groups excluding carboxylic acids is 1. The summed E-state index contributed by atoms with van der Waals surface area (Å²) in [5, 5.41) is 11.3. The topological polar surface area (TPSA) is 141 Å². The maximum absolute atomic E-state index is 13.1. The number of carboxylic acid groups (broad SMARTS) is 1. The van der Waals surface area contributed by atoms with Crippen LogP contribution in [-0.4, -0.2) is 81.1 Å². The lowest BCUT2D eigenvalue weighted by molar-refractivity contribution is -0.142. The van der Waals surface area contributed by atoms with Crippen molar-refractivity contribution in [1.29, 1.82) is 0 Å². The fraction of sp³-hybridized carbons (Fsp3) is 0.600. The summed E-state index contributed by atoms with van der Waals surface area (Å²) in [6.07, 6.45) is 4.69. The Morgan fingerprint density at radius 3 is 1.97 bits per heavy atom. The second kappa shape index (κ2) is 11.8. The molecule has 2 fully saturated rings. The number of hydrogen-bond donors (Lipinski definition) is 2. The van der Waals surface area contributed by atoms with Gasteiger partial charge in [0.2, 0.25) is 26.0 Å². The van der Waals surface area contributed by atoms with Crippen LogP contribution in [0.2, 0.25) is 5.02 Å². The van der Waals surface area contributed by atoms with Gasteiger partial charge in [0.05, 0.1) is 29.4 Å². The molecule has 2 aliphatic heterocycles. The van der Waals surface area contributed by atoms with Gasteiger partial charge in [0.15, 0.2) is 0 Å². The molecule has 2 heterocycles. The van der Waals surface area contributed by atoms with E-state index in [4.69, 9.17) is 16.7 Å². The first-order valence-corrected chi connectivity index (χ1v) is 14.6. The lowest BCUT2D eigenvalue weighted by Gasteiger charge is -2.30. The second-order valence-corrected chi connectivity index (χ2v) is 12.7. The van der Waals surface area contributed by atoms with Crippen LogP contribution in [-0.2, 0) is 29.6 Å². The number of sulfonamides is 2. The summed E-state index contributed by atoms with van der Waals surface area (Å²) in [4.78, 5) is 22.8. The molecule has 0 bridgehead atoms. The molecule has 0 aromatic heterocycles. The Kier molecular flexibility index (Phi) is 9.83. The summed E-state index contributed by atoms with van der Waals surface area (Å²) in [6, 6.07) is 3.91. The van der Waals surface area contributed by atoms with E-state index in [1.807, 2.05) is 0 Å². The van der Waals surface area contributed by atoms with E-state index >= 15 is 0 Å². The van der Waals surface area contributed by atoms with Crippen LogP contribution in [0, 0.1) is 17.7 Å². The number of aliphatic carboxylic acids is 1. The summed E-state index contributed by atoms with van der Waals surface area (Å²) < 4.78 is 60.8. The predicted molar refractivity (Wildman–Crippen MR) is 126 cm³/mol. The predicted octanol–water partition coefficient (Wildman–Crippen LogP) is 1.83. The number of nitrogens with one attached hydrogen (secondary N) is 1. The van der Waals surface area contributed by atoms with Gasteiger partial charge >= 0.3 is 5.97 Å². The van der Waals surface area contributed by atoms with Crippen LogP contribution >= 0.6 is 11.6 Å². The van der Waals surface area contributed by atoms with Gasteiger partial charge in [-0.05, 0) is 43.9 Å². The van der Waals surface area contributed by atoms with Gasteiger partial charge < -0.3 is 10.4 Å². The smallest absolute Gasteiger partial charge is 0.307 e. The van der Waals surface area contributed by atoms with Crippen molar-refractivity contribution >= 4 is 49.2 Å². The minimum absolute atomic E-state index is 0.0748. The number of carboxylic acids is 1. The van der Waals surface area contributed by atoms with E-state index < -0.39 is 43.7 Å². The van der Waals surface area contributed by atoms with Crippen molar-refractivity contribution in [1.82, 2.24) is 8.61 Å². The molecule has 1 aromatic rings. The zero-order valence-corrected chi connectivity index (χ0v) is 21.3. The number of hydrogen-bond acceptors (Lipinski definition) is 6. The summed E-state index contributed by atoms with van der Waals surface area (Å²) >= 11 is 5.65. The van der Waals surface area contributed by atoms with Crippen LogP contribution in [0.25, 0.3) is 0 Å². The number of rotatable bonds is 5. The Morgan fingerprint density at radius 2 is 1.50 bits per heavy atom. The van der Waals surface area contributed by atoms with Gasteiger partial charge in [-0.2, -0.15) is 0 Å². The third kappa shape index (κ3) is 8.45. The van der Waals surface area contributed by atoms with Crippen LogP contribution in [0.1, 0.15) is 25.7 Å². The lowest BCUT2D eigenvalue weighted by atomic mass is 9.99. The molecule has 1 amide bonds. The third-order valence-corrected chi connectivity index (χ3v) is 8.44. The summed E-state index contributed by atoms with van der Waals surface area (Å²) in [5.74, 6) is -2.71. The molecule has 14 heteroatoms. The highest BCUT2D eigenvalue weighted by Crippen LogP contribution is 2.23. The highest BCUT2D eigenvalue weighted by atomic mass is 35.5. The fourth-order valence-corrected chi connectivity index (χ4v) is 5.72. The molecule has 0 spiro atoms. The van der Waals surface area contributed by atoms with E-state index in [0.29, 0.717) is 44.5 Å². The molecule has 1 aromatic carbocycles. The first-order chi connectivity index (χ1) is 15.7. The molecule has 3 rings (SSSR count). The minimum Gasteiger partial charge on any atom is -0.481 e. The van der Waals surface area contributed by atoms with Crippen molar-refractivity contribution in [3.63, 3.8) is 0 Å². The van der Waals surface area contributed by atoms with Crippen LogP contribution in [0.3, 0.4) is 0 Å². The van der Waals surface area contributed by atoms with Gasteiger partial charge in [-0.1, -0.05) is 11.6 Å². The summed E-state index contributed by atoms with van der Waals surface area (Å²) in [7, 11) is -6.52. The third-order valence-electron chi connectivity index (χ3n) is 5.61. The summed E-state index contributed by atoms with van der Waals surface area (Å²) in [6.45, 7) is 1.17. The first kappa shape index (κ1) is 28.4. The zero-order valence-electron chi connectivity index (χ0n) is 18.9. The molecule has 0 saturated carbocycles. The van der Waals surface area contributed by atoms with Gasteiger partial charge in [0.25, 0.3) is 0 Å². The standard InChI is InChI=1S/C13H16ClFN2O3S.C7H13NO4S/c1-21(19,20)17-6-2-3-9(8-17)13(18)16-10-4-5-12(15)11(14)7-10;1-13(11,12)8-4-2-3-6(5-8)7(9)10/h4-5,7,9H,2-3,6,8H2,1H3,(H,16,18);6H,2-5H2,1H3,(H,9,10)/t9-;6-/m00/s1. The van der Waals surface area contributed by atoms with Gasteiger partial charge in [0.1, 0.15) is 5.82 Å². The van der Waals surface area contributed by atoms with E-state index in [-0.39, 0.29) is 24.0 Å². The molecule has 0 radical (unpaired) electrons. The number of carbonyl (C=O) groups is 2. The number of halogens is 2. The van der Waals surface area contributed by atoms with Gasteiger partial charge in [-0.15, -0.1) is 0 Å². The maximum Gasteiger partial charge on any atom is 0.307 e. The highest BCUT2D eigenvalue weighted by Gasteiger charge is 2.31. The Hall–Kier alpha value is -1.80. The van der Waals surface area contributed by atoms with Crippen molar-refractivity contribution in [3.05, 3.63) is 29.0 Å². The molecular weight excluding hydrogens is 513 g/mol. The molecule has 2 N–H and O–H groups in total. The van der Waals surface area contributed by atoms with Crippen molar-refractivity contribution in [2.75, 3.05) is 44.0 Å². The Labute approximate surface area is 204 Å². The van der Waals surface area contributed by atoms with Gasteiger partial charge in [-0.25, -0.2) is 29.8 Å². The molecule has 2 saturated heterocycles. The number of piperidine rings is 2. The molecule has 2 atom stereocenters. The van der Waals surface area contributed by atoms with E-state index in [0.717, 1.165) is 12.5 Å². The van der Waals surface area contributed by atoms with E-state index in [1.54, 1.807) is 0 Å². The maximum atomic E-state index is 13.1. The lowest BCUT2D eigenvalue weighted by Crippen LogP contribution is -2.43. The largest absolute Gasteiger partial charge is 0.481 e. The van der Waals surface area contributed by atoms with E-state index in [9.17, 15) is 30.8 Å². The van der Waals surface area contributed by atoms with Gasteiger partial charge in [-0.3, -0.25) is 9.59 Å². The molecule has 0 aliphatic carbocycles. The first-order valence-electron chi connectivity index (χ1n) is 10.6. The molecular formula is C20H29ClFN3O7S2. The second-order valence-electron chi connectivity index (χ2n) is 8.38. The van der Waals surface area contributed by atoms with Crippen LogP contribution < -0.4 is 5.32 Å². The van der Waals surface area contributed by atoms with Gasteiger partial charge in [0, 0.05) is 31.9 Å². The number of anilines is 1. The Balaban J connectivity index is 0.000000270. The number of amides is 1. The number of nitrogens with zero attached hydrogens (tertiary/aromatic N) is 2. The van der Waals surface area contributed by atoms with Crippen molar-refractivity contribution in [2.45, 2.75) is 25.7 Å². The zero-order chi connectivity index (χ0) is 25.7. The minimum atomic E-state index is -3.29. The molecule has 34 heavy (non-hydrogen) atoms. The fourth-order valence-electron chi connectivity index (χ4n) is 3.72. The molecule has 10 nitrogen and oxygen atoms in total. The van der Waals surface area contributed by atoms with Crippen LogP contribution in [0.4, 0.5) is 10.1 Å². The normalized spacial score (nSPS) is 22.4. The quantitative estimate of drug-likeness (QED) is 0.579. The van der Waals surface area contributed by atoms with Crippen molar-refractivity contribution in [2.24, 2.45) is 11.8 Å². The SMILES string of the molecule is CS(=O)(=O)N1CCC[C@H](C(=O)Nc2ccc(F)c(Cl)c2)C1.CS(=O)(=O)N1CCC[C@H](C(=O)O)C1. The highest BCUT2D eigenvalue weighted by molar-refractivity contribution is 7.88.